The summed E-state index contributed by atoms with van der Waals surface area (Å²) in [6, 6.07) is 3.04. The van der Waals surface area contributed by atoms with Gasteiger partial charge in [-0.3, -0.25) is 4.99 Å². The molecule has 0 aliphatic heterocycles. The molecule has 0 saturated carbocycles. The normalized spacial score (nSPS) is 13.2. The first kappa shape index (κ1) is 20.1. The molecule has 1 aromatic rings. The van der Waals surface area contributed by atoms with Gasteiger partial charge in [0.05, 0.1) is 5.71 Å². The smallest absolute Gasteiger partial charge is 0.124 e. The number of nitrogen functional groups attached to an aromatic ring is 1. The lowest BCUT2D eigenvalue weighted by molar-refractivity contribution is 0.0889. The van der Waals surface area contributed by atoms with Crippen LogP contribution in [-0.2, 0) is 11.5 Å². The number of allylic oxidation sites excluding steroid dienone is 2. The number of hydrogen-bond acceptors (Lipinski definition) is 4. The minimum Gasteiger partial charge on any atom is -0.384 e. The molecular weight excluding hydrogens is 316 g/mol. The molecule has 0 atom stereocenters. The van der Waals surface area contributed by atoms with Gasteiger partial charge in [-0.05, 0) is 18.5 Å². The molecule has 1 aromatic heterocycles. The Bertz CT molecular complexity index is 623. The summed E-state index contributed by atoms with van der Waals surface area (Å²) in [4.78, 5) is 4.32. The van der Waals surface area contributed by atoms with Crippen molar-refractivity contribution in [1.82, 2.24) is 4.57 Å². The van der Waals surface area contributed by atoms with E-state index < -0.39 is 8.07 Å². The van der Waals surface area contributed by atoms with Crippen LogP contribution in [0.1, 0.15) is 18.9 Å². The van der Waals surface area contributed by atoms with Crippen LogP contribution in [0.4, 0.5) is 5.82 Å². The van der Waals surface area contributed by atoms with E-state index in [0.717, 1.165) is 30.2 Å². The van der Waals surface area contributed by atoms with E-state index in [1.807, 2.05) is 29.8 Å². The van der Waals surface area contributed by atoms with Gasteiger partial charge in [-0.15, -0.1) is 0 Å². The van der Waals surface area contributed by atoms with Crippen molar-refractivity contribution >= 4 is 25.8 Å². The van der Waals surface area contributed by atoms with E-state index in [1.54, 1.807) is 0 Å². The van der Waals surface area contributed by atoms with Gasteiger partial charge in [-0.1, -0.05) is 39.2 Å². The van der Waals surface area contributed by atoms with Crippen LogP contribution in [0.25, 0.3) is 0 Å². The van der Waals surface area contributed by atoms with E-state index in [1.165, 1.54) is 12.4 Å². The van der Waals surface area contributed by atoms with Crippen LogP contribution in [0.5, 0.6) is 0 Å². The second-order valence-corrected chi connectivity index (χ2v) is 12.4. The molecule has 6 heteroatoms. The summed E-state index contributed by atoms with van der Waals surface area (Å²) in [6.07, 6.45) is 7.44. The molecule has 132 valence electrons. The van der Waals surface area contributed by atoms with Crippen molar-refractivity contribution in [3.05, 3.63) is 42.3 Å². The molecule has 24 heavy (non-hydrogen) atoms. The van der Waals surface area contributed by atoms with Crippen molar-refractivity contribution in [2.45, 2.75) is 45.8 Å². The van der Waals surface area contributed by atoms with Gasteiger partial charge in [0.25, 0.3) is 0 Å². The van der Waals surface area contributed by atoms with Crippen molar-refractivity contribution in [2.75, 3.05) is 12.3 Å². The molecule has 0 spiro atoms. The molecular formula is C18H30N4OSi. The Labute approximate surface area is 146 Å². The minimum atomic E-state index is -1.09. The summed E-state index contributed by atoms with van der Waals surface area (Å²) in [7, 11) is -1.09. The maximum Gasteiger partial charge on any atom is 0.124 e. The van der Waals surface area contributed by atoms with Gasteiger partial charge in [-0.25, -0.2) is 0 Å². The predicted molar refractivity (Wildman–Crippen MR) is 107 cm³/mol. The molecule has 0 bridgehead atoms. The molecule has 5 nitrogen and oxygen atoms in total. The number of ether oxygens (including phenoxy) is 1. The van der Waals surface area contributed by atoms with Crippen molar-refractivity contribution < 1.29 is 4.74 Å². The molecule has 0 aliphatic rings. The first-order chi connectivity index (χ1) is 11.3. The van der Waals surface area contributed by atoms with E-state index >= 15 is 0 Å². The van der Waals surface area contributed by atoms with Crippen molar-refractivity contribution in [3.8, 4) is 0 Å². The average Bonchev–Trinajstić information content (AvgIpc) is 2.87. The SMILES string of the molecule is C=CN=C(/C(C=N)=C/CC)c1ccn(COCC[Si](C)(C)C)c1N. The number of anilines is 1. The molecule has 0 radical (unpaired) electrons. The Hall–Kier alpha value is -1.92. The fraction of sp³-hybridized carbons (Fsp3) is 0.444. The number of nitrogens with two attached hydrogens (primary N) is 1. The van der Waals surface area contributed by atoms with Crippen molar-refractivity contribution in [1.29, 1.82) is 5.41 Å². The summed E-state index contributed by atoms with van der Waals surface area (Å²) >= 11 is 0. The monoisotopic (exact) mass is 346 g/mol. The van der Waals surface area contributed by atoms with Crippen molar-refractivity contribution in [3.63, 3.8) is 0 Å². The fourth-order valence-electron chi connectivity index (χ4n) is 2.17. The van der Waals surface area contributed by atoms with E-state index in [4.69, 9.17) is 15.9 Å². The van der Waals surface area contributed by atoms with Gasteiger partial charge in [-0.2, -0.15) is 0 Å². The highest BCUT2D eigenvalue weighted by molar-refractivity contribution is 6.76. The Balaban J connectivity index is 2.92. The number of hydrogen-bond donors (Lipinski definition) is 2. The van der Waals surface area contributed by atoms with E-state index in [2.05, 4.69) is 31.2 Å². The zero-order chi connectivity index (χ0) is 18.2. The highest BCUT2D eigenvalue weighted by Crippen LogP contribution is 2.19. The molecule has 0 aliphatic carbocycles. The predicted octanol–water partition coefficient (Wildman–Crippen LogP) is 4.30. The van der Waals surface area contributed by atoms with Gasteiger partial charge in [0.2, 0.25) is 0 Å². The number of nitrogens with zero attached hydrogens (tertiary/aromatic N) is 2. The van der Waals surface area contributed by atoms with Gasteiger partial charge in [0, 0.05) is 44.4 Å². The molecule has 1 rings (SSSR count). The number of aromatic nitrogens is 1. The van der Waals surface area contributed by atoms with Crippen LogP contribution >= 0.6 is 0 Å². The Morgan fingerprint density at radius 1 is 1.46 bits per heavy atom. The quantitative estimate of drug-likeness (QED) is 0.376. The summed E-state index contributed by atoms with van der Waals surface area (Å²) in [5, 5.41) is 7.62. The Morgan fingerprint density at radius 3 is 2.71 bits per heavy atom. The Morgan fingerprint density at radius 2 is 2.17 bits per heavy atom. The van der Waals surface area contributed by atoms with E-state index in [9.17, 15) is 0 Å². The van der Waals surface area contributed by atoms with E-state index in [0.29, 0.717) is 18.3 Å². The highest BCUT2D eigenvalue weighted by atomic mass is 28.3. The first-order valence-electron chi connectivity index (χ1n) is 8.26. The van der Waals surface area contributed by atoms with Gasteiger partial charge in [0.1, 0.15) is 12.5 Å². The zero-order valence-corrected chi connectivity index (χ0v) is 16.3. The van der Waals surface area contributed by atoms with Crippen LogP contribution < -0.4 is 5.73 Å². The average molecular weight is 347 g/mol. The lowest BCUT2D eigenvalue weighted by Gasteiger charge is -2.16. The summed E-state index contributed by atoms with van der Waals surface area (Å²) in [6.45, 7) is 13.8. The maximum atomic E-state index is 7.62. The van der Waals surface area contributed by atoms with Gasteiger partial charge < -0.3 is 20.4 Å². The maximum absolute atomic E-state index is 7.62. The lowest BCUT2D eigenvalue weighted by Crippen LogP contribution is -2.22. The molecule has 0 saturated heterocycles. The largest absolute Gasteiger partial charge is 0.384 e. The molecule has 3 N–H and O–H groups in total. The number of rotatable bonds is 10. The second-order valence-electron chi connectivity index (χ2n) is 6.80. The molecule has 0 amide bonds. The third kappa shape index (κ3) is 5.94. The molecule has 0 fully saturated rings. The van der Waals surface area contributed by atoms with Gasteiger partial charge >= 0.3 is 0 Å². The van der Waals surface area contributed by atoms with Crippen LogP contribution in [0.3, 0.4) is 0 Å². The van der Waals surface area contributed by atoms with Crippen LogP contribution in [0.2, 0.25) is 25.7 Å². The Kier molecular flexibility index (Phi) is 7.87. The molecule has 0 unspecified atom stereocenters. The standard InChI is InChI=1S/C18H30N4OSi/c1-6-8-15(13-19)17(21-7-2)16-9-10-22(18(16)20)14-23-11-12-24(3,4)5/h7-10,13,19H,2,6,11-12,14,20H2,1,3-5H3/b15-8+,19-13?,21-17?. The second kappa shape index (κ2) is 9.39. The van der Waals surface area contributed by atoms with Crippen molar-refractivity contribution in [2.24, 2.45) is 4.99 Å². The fourth-order valence-corrected chi connectivity index (χ4v) is 2.93. The zero-order valence-electron chi connectivity index (χ0n) is 15.3. The number of nitrogens with one attached hydrogen (secondary N) is 1. The lowest BCUT2D eigenvalue weighted by atomic mass is 10.0. The first-order valence-corrected chi connectivity index (χ1v) is 12.0. The summed E-state index contributed by atoms with van der Waals surface area (Å²) in [5.41, 5.74) is 8.47. The third-order valence-electron chi connectivity index (χ3n) is 3.56. The summed E-state index contributed by atoms with van der Waals surface area (Å²) in [5.74, 6) is 0.590. The van der Waals surface area contributed by atoms with E-state index in [-0.39, 0.29) is 0 Å². The highest BCUT2D eigenvalue weighted by Gasteiger charge is 2.15. The third-order valence-corrected chi connectivity index (χ3v) is 5.27. The minimum absolute atomic E-state index is 0.426. The van der Waals surface area contributed by atoms with Crippen LogP contribution in [0.15, 0.2) is 41.7 Å². The van der Waals surface area contributed by atoms with Crippen LogP contribution in [0, 0.1) is 5.41 Å². The summed E-state index contributed by atoms with van der Waals surface area (Å²) < 4.78 is 7.63. The molecule has 1 heterocycles. The van der Waals surface area contributed by atoms with Crippen LogP contribution in [-0.4, -0.2) is 31.2 Å². The van der Waals surface area contributed by atoms with Gasteiger partial charge in [0.15, 0.2) is 0 Å². The topological polar surface area (TPSA) is 76.4 Å². The number of aliphatic imine (C=N–C) groups is 1. The molecule has 0 aromatic carbocycles.